The fourth-order valence-electron chi connectivity index (χ4n) is 1.51. The second-order valence-electron chi connectivity index (χ2n) is 4.30. The van der Waals surface area contributed by atoms with Crippen LogP contribution in [-0.2, 0) is 16.1 Å². The maximum atomic E-state index is 12.0. The van der Waals surface area contributed by atoms with Gasteiger partial charge in [-0.05, 0) is 24.7 Å². The van der Waals surface area contributed by atoms with Gasteiger partial charge in [-0.3, -0.25) is 9.69 Å². The zero-order valence-electron chi connectivity index (χ0n) is 11.2. The van der Waals surface area contributed by atoms with E-state index in [1.165, 1.54) is 19.2 Å². The lowest BCUT2D eigenvalue weighted by Gasteiger charge is -2.15. The summed E-state index contributed by atoms with van der Waals surface area (Å²) in [5.41, 5.74) is 0.857. The highest BCUT2D eigenvalue weighted by molar-refractivity contribution is 5.71. The van der Waals surface area contributed by atoms with Gasteiger partial charge in [-0.2, -0.15) is 13.2 Å². The molecule has 1 aromatic carbocycles. The molecule has 0 aliphatic carbocycles. The molecule has 0 atom stereocenters. The average molecular weight is 291 g/mol. The van der Waals surface area contributed by atoms with E-state index in [1.807, 2.05) is 0 Å². The van der Waals surface area contributed by atoms with E-state index < -0.39 is 12.8 Å². The normalized spacial score (nSPS) is 11.5. The number of benzene rings is 1. The zero-order chi connectivity index (χ0) is 15.2. The number of halogens is 3. The molecule has 0 spiro atoms. The molecular formula is C13H16F3NO3. The van der Waals surface area contributed by atoms with Crippen LogP contribution >= 0.6 is 0 Å². The van der Waals surface area contributed by atoms with E-state index in [2.05, 4.69) is 9.47 Å². The number of esters is 1. The Labute approximate surface area is 115 Å². The van der Waals surface area contributed by atoms with Gasteiger partial charge in [-0.15, -0.1) is 0 Å². The van der Waals surface area contributed by atoms with E-state index in [0.29, 0.717) is 6.54 Å². The van der Waals surface area contributed by atoms with E-state index in [1.54, 1.807) is 24.1 Å². The Hall–Kier alpha value is -1.76. The number of ether oxygens (including phenoxy) is 2. The summed E-state index contributed by atoms with van der Waals surface area (Å²) in [6, 6.07) is 6.24. The predicted molar refractivity (Wildman–Crippen MR) is 66.3 cm³/mol. The van der Waals surface area contributed by atoms with Crippen molar-refractivity contribution >= 4 is 5.97 Å². The van der Waals surface area contributed by atoms with Crippen molar-refractivity contribution < 1.29 is 27.4 Å². The van der Waals surface area contributed by atoms with Gasteiger partial charge < -0.3 is 9.47 Å². The number of hydrogen-bond donors (Lipinski definition) is 0. The van der Waals surface area contributed by atoms with E-state index in [-0.39, 0.29) is 18.3 Å². The van der Waals surface area contributed by atoms with Crippen LogP contribution in [0.4, 0.5) is 13.2 Å². The van der Waals surface area contributed by atoms with E-state index in [4.69, 9.17) is 0 Å². The predicted octanol–water partition coefficient (Wildman–Crippen LogP) is 2.23. The molecule has 0 aliphatic heterocycles. The first kappa shape index (κ1) is 16.3. The van der Waals surface area contributed by atoms with Crippen molar-refractivity contribution in [2.45, 2.75) is 12.7 Å². The molecule has 0 fully saturated rings. The molecule has 1 rings (SSSR count). The highest BCUT2D eigenvalue weighted by Crippen LogP contribution is 2.19. The number of hydrogen-bond acceptors (Lipinski definition) is 4. The lowest BCUT2D eigenvalue weighted by atomic mass is 10.2. The van der Waals surface area contributed by atoms with Gasteiger partial charge in [-0.25, -0.2) is 0 Å². The molecule has 7 heteroatoms. The molecule has 1 aromatic rings. The highest BCUT2D eigenvalue weighted by atomic mass is 19.4. The van der Waals surface area contributed by atoms with Gasteiger partial charge in [0.25, 0.3) is 0 Å². The van der Waals surface area contributed by atoms with Gasteiger partial charge in [-0.1, -0.05) is 12.1 Å². The minimum Gasteiger partial charge on any atom is -0.484 e. The van der Waals surface area contributed by atoms with Crippen molar-refractivity contribution in [1.29, 1.82) is 0 Å². The molecule has 0 heterocycles. The van der Waals surface area contributed by atoms with Gasteiger partial charge in [0.1, 0.15) is 5.75 Å². The Bertz CT molecular complexity index is 431. The smallest absolute Gasteiger partial charge is 0.422 e. The summed E-state index contributed by atoms with van der Waals surface area (Å²) in [5.74, 6) is -0.195. The molecule has 0 radical (unpaired) electrons. The first-order valence-electron chi connectivity index (χ1n) is 5.84. The third-order valence-electron chi connectivity index (χ3n) is 2.41. The van der Waals surface area contributed by atoms with Crippen molar-refractivity contribution in [1.82, 2.24) is 4.90 Å². The van der Waals surface area contributed by atoms with Crippen LogP contribution in [0.3, 0.4) is 0 Å². The quantitative estimate of drug-likeness (QED) is 0.753. The van der Waals surface area contributed by atoms with Crippen LogP contribution in [0.5, 0.6) is 5.75 Å². The molecule has 0 aromatic heterocycles. The Morgan fingerprint density at radius 1 is 1.25 bits per heavy atom. The topological polar surface area (TPSA) is 38.8 Å². The van der Waals surface area contributed by atoms with Gasteiger partial charge in [0, 0.05) is 6.54 Å². The summed E-state index contributed by atoms with van der Waals surface area (Å²) in [5, 5.41) is 0. The minimum atomic E-state index is -4.35. The Morgan fingerprint density at radius 2 is 1.85 bits per heavy atom. The van der Waals surface area contributed by atoms with E-state index in [0.717, 1.165) is 5.56 Å². The fourth-order valence-corrected chi connectivity index (χ4v) is 1.51. The Morgan fingerprint density at radius 3 is 2.35 bits per heavy atom. The summed E-state index contributed by atoms with van der Waals surface area (Å²) >= 11 is 0. The number of carbonyl (C=O) groups excluding carboxylic acids is 1. The molecule has 0 N–H and O–H groups in total. The van der Waals surface area contributed by atoms with Gasteiger partial charge in [0.15, 0.2) is 6.61 Å². The van der Waals surface area contributed by atoms with Crippen molar-refractivity contribution in [3.8, 4) is 5.75 Å². The first-order chi connectivity index (χ1) is 9.30. The Kier molecular flexibility index (Phi) is 5.82. The van der Waals surface area contributed by atoms with Crippen LogP contribution in [0, 0.1) is 0 Å². The maximum Gasteiger partial charge on any atom is 0.422 e. The second-order valence-corrected chi connectivity index (χ2v) is 4.30. The number of carbonyl (C=O) groups is 1. The minimum absolute atomic E-state index is 0.142. The maximum absolute atomic E-state index is 12.0. The largest absolute Gasteiger partial charge is 0.484 e. The summed E-state index contributed by atoms with van der Waals surface area (Å²) in [7, 11) is 3.05. The molecule has 0 saturated heterocycles. The lowest BCUT2D eigenvalue weighted by molar-refractivity contribution is -0.153. The molecule has 0 aliphatic rings. The monoisotopic (exact) mass is 291 g/mol. The van der Waals surface area contributed by atoms with Crippen LogP contribution in [0.1, 0.15) is 5.56 Å². The zero-order valence-corrected chi connectivity index (χ0v) is 11.2. The van der Waals surface area contributed by atoms with Gasteiger partial charge in [0.2, 0.25) is 0 Å². The van der Waals surface area contributed by atoms with Gasteiger partial charge in [0.05, 0.1) is 13.7 Å². The molecule has 0 saturated carbocycles. The van der Waals surface area contributed by atoms with Crippen molar-refractivity contribution in [3.63, 3.8) is 0 Å². The molecule has 0 unspecified atom stereocenters. The van der Waals surface area contributed by atoms with Crippen LogP contribution in [0.25, 0.3) is 0 Å². The lowest BCUT2D eigenvalue weighted by Crippen LogP contribution is -2.26. The summed E-state index contributed by atoms with van der Waals surface area (Å²) in [6.07, 6.45) is -4.35. The van der Waals surface area contributed by atoms with Crippen LogP contribution in [0.2, 0.25) is 0 Å². The number of rotatable bonds is 6. The molecule has 112 valence electrons. The summed E-state index contributed by atoms with van der Waals surface area (Å²) in [4.78, 5) is 12.8. The van der Waals surface area contributed by atoms with E-state index in [9.17, 15) is 18.0 Å². The molecule has 20 heavy (non-hydrogen) atoms. The van der Waals surface area contributed by atoms with Crippen molar-refractivity contribution in [2.24, 2.45) is 0 Å². The number of methoxy groups -OCH3 is 1. The molecule has 0 bridgehead atoms. The first-order valence-corrected chi connectivity index (χ1v) is 5.84. The van der Waals surface area contributed by atoms with Crippen molar-refractivity contribution in [2.75, 3.05) is 27.3 Å². The number of nitrogens with zero attached hydrogens (tertiary/aromatic N) is 1. The second kappa shape index (κ2) is 7.14. The number of alkyl halides is 3. The molecular weight excluding hydrogens is 275 g/mol. The van der Waals surface area contributed by atoms with Crippen LogP contribution in [0.15, 0.2) is 24.3 Å². The SMILES string of the molecule is COC(=O)CN(C)Cc1ccc(OCC(F)(F)F)cc1. The van der Waals surface area contributed by atoms with Crippen LogP contribution in [-0.4, -0.2) is 44.4 Å². The van der Waals surface area contributed by atoms with Crippen molar-refractivity contribution in [3.05, 3.63) is 29.8 Å². The number of likely N-dealkylation sites (N-methyl/N-ethyl adjacent to an activating group) is 1. The summed E-state index contributed by atoms with van der Waals surface area (Å²) in [6.45, 7) is -0.688. The van der Waals surface area contributed by atoms with E-state index >= 15 is 0 Å². The Balaban J connectivity index is 2.48. The molecule has 0 amide bonds. The third kappa shape index (κ3) is 6.42. The summed E-state index contributed by atoms with van der Waals surface area (Å²) < 4.78 is 45.1. The van der Waals surface area contributed by atoms with Gasteiger partial charge >= 0.3 is 12.1 Å². The molecule has 4 nitrogen and oxygen atoms in total. The standard InChI is InChI=1S/C13H16F3NO3/c1-17(8-12(18)19-2)7-10-3-5-11(6-4-10)20-9-13(14,15)16/h3-6H,7-9H2,1-2H3. The fraction of sp³-hybridized carbons (Fsp3) is 0.462. The average Bonchev–Trinajstić information content (AvgIpc) is 2.36. The van der Waals surface area contributed by atoms with Crippen LogP contribution < -0.4 is 4.74 Å². The third-order valence-corrected chi connectivity index (χ3v) is 2.41. The highest BCUT2D eigenvalue weighted by Gasteiger charge is 2.28.